The molecule has 0 amide bonds. The van der Waals surface area contributed by atoms with Gasteiger partial charge in [-0.05, 0) is 79.1 Å². The molecule has 2 saturated carbocycles. The highest BCUT2D eigenvalue weighted by atomic mass is 16.8. The van der Waals surface area contributed by atoms with Gasteiger partial charge in [0.05, 0.1) is 72.6 Å². The van der Waals surface area contributed by atoms with Crippen molar-refractivity contribution in [2.45, 2.75) is 242 Å². The van der Waals surface area contributed by atoms with Crippen LogP contribution in [0.3, 0.4) is 0 Å². The van der Waals surface area contributed by atoms with Crippen LogP contribution in [0.1, 0.15) is 119 Å². The van der Waals surface area contributed by atoms with Gasteiger partial charge in [-0.25, -0.2) is 0 Å². The van der Waals surface area contributed by atoms with Crippen LogP contribution < -0.4 is 0 Å². The van der Waals surface area contributed by atoms with Gasteiger partial charge in [-0.1, -0.05) is 18.6 Å². The molecule has 0 aromatic rings. The molecule has 6 heterocycles. The van der Waals surface area contributed by atoms with E-state index in [9.17, 15) is 9.90 Å². The number of fused-ring (bicyclic) bond motifs is 5. The van der Waals surface area contributed by atoms with Crippen LogP contribution in [0.15, 0.2) is 11.6 Å². The van der Waals surface area contributed by atoms with E-state index in [2.05, 4.69) is 26.8 Å². The summed E-state index contributed by atoms with van der Waals surface area (Å²) in [7, 11) is 6.62. The maximum absolute atomic E-state index is 13.4. The highest BCUT2D eigenvalue weighted by Gasteiger charge is 2.69. The normalized spacial score (nSPS) is 53.4. The van der Waals surface area contributed by atoms with Gasteiger partial charge >= 0.3 is 0 Å². The number of hydrogen-bond donors (Lipinski definition) is 1. The maximum atomic E-state index is 13.4. The Kier molecular flexibility index (Phi) is 14.4. The van der Waals surface area contributed by atoms with Crippen molar-refractivity contribution >= 4 is 5.78 Å². The molecular weight excluding hydrogens is 845 g/mol. The second kappa shape index (κ2) is 19.2. The molecule has 9 rings (SSSR count). The number of ketones is 1. The summed E-state index contributed by atoms with van der Waals surface area (Å²) < 4.78 is 89.3. The molecule has 370 valence electrons. The quantitative estimate of drug-likeness (QED) is 0.243. The van der Waals surface area contributed by atoms with Crippen LogP contribution >= 0.6 is 0 Å². The van der Waals surface area contributed by atoms with E-state index in [0.717, 1.165) is 32.1 Å². The largest absolute Gasteiger partial charge is 0.388 e. The zero-order valence-electron chi connectivity index (χ0n) is 40.6. The second-order valence-electron chi connectivity index (χ2n) is 21.1. The van der Waals surface area contributed by atoms with Gasteiger partial charge in [-0.15, -0.1) is 0 Å². The predicted octanol–water partition coefficient (Wildman–Crippen LogP) is 5.51. The third-order valence-electron chi connectivity index (χ3n) is 17.6. The number of rotatable bonds is 12. The van der Waals surface area contributed by atoms with Crippen molar-refractivity contribution in [1.82, 2.24) is 0 Å². The Bertz CT molecular complexity index is 1700. The number of carbonyl (C=O) groups excluding carboxylic acids is 1. The Labute approximate surface area is 385 Å². The number of methoxy groups -OCH3 is 4. The highest BCUT2D eigenvalue weighted by Crippen LogP contribution is 2.66. The van der Waals surface area contributed by atoms with Gasteiger partial charge in [-0.3, -0.25) is 4.79 Å². The van der Waals surface area contributed by atoms with Crippen LogP contribution in [0.5, 0.6) is 0 Å². The fraction of sp³-hybridized carbons (Fsp3) is 0.939. The molecule has 6 saturated heterocycles. The topological polar surface area (TPSA) is 167 Å². The van der Waals surface area contributed by atoms with Gasteiger partial charge < -0.3 is 71.4 Å². The minimum Gasteiger partial charge on any atom is -0.388 e. The molecule has 2 bridgehead atoms. The molecule has 1 spiro atoms. The monoisotopic (exact) mass is 923 g/mol. The molecule has 8 fully saturated rings. The first-order chi connectivity index (χ1) is 31.0. The van der Waals surface area contributed by atoms with Gasteiger partial charge in [0, 0.05) is 78.8 Å². The third kappa shape index (κ3) is 8.87. The van der Waals surface area contributed by atoms with Gasteiger partial charge in [-0.2, -0.15) is 0 Å². The van der Waals surface area contributed by atoms with Gasteiger partial charge in [0.15, 0.2) is 30.9 Å². The molecule has 0 radical (unpaired) electrons. The van der Waals surface area contributed by atoms with Crippen molar-refractivity contribution in [3.63, 3.8) is 0 Å². The molecule has 9 aliphatic rings. The number of hydrogen-bond acceptors (Lipinski definition) is 16. The number of ether oxygens (including phenoxy) is 14. The van der Waals surface area contributed by atoms with E-state index in [1.54, 1.807) is 28.4 Å². The van der Waals surface area contributed by atoms with Crippen molar-refractivity contribution < 1.29 is 76.2 Å². The summed E-state index contributed by atoms with van der Waals surface area (Å²) >= 11 is 0. The highest BCUT2D eigenvalue weighted by molar-refractivity contribution is 5.88. The molecule has 0 aromatic heterocycles. The first-order valence-electron chi connectivity index (χ1n) is 24.6. The number of carbonyl (C=O) groups is 1. The summed E-state index contributed by atoms with van der Waals surface area (Å²) in [6.07, 6.45) is 2.61. The van der Waals surface area contributed by atoms with Gasteiger partial charge in [0.25, 0.3) is 0 Å². The van der Waals surface area contributed by atoms with E-state index in [1.807, 2.05) is 27.7 Å². The average molecular weight is 923 g/mol. The molecule has 65 heavy (non-hydrogen) atoms. The summed E-state index contributed by atoms with van der Waals surface area (Å²) in [6.45, 7) is 14.4. The zero-order valence-corrected chi connectivity index (χ0v) is 40.6. The zero-order chi connectivity index (χ0) is 46.2. The standard InChI is InChI=1S/C49H78O16/c1-24-31-12-13-37(50)48(31,7)38-23-36-47(6)16-15-30(18-29(47)14-17-49(36,64-24)65-38)60-39-20-33(53-9)44(26(3)57-39)62-41-22-35(55-11)46(28(5)59-41)63-42-21-34(54-10)45(27(4)58-42)61-40-19-32(52-8)43(51)25(2)56-40/h14,24-28,30-36,38-46,51H,12-13,15-23H2,1-11H3/t24-,25+,26+,27+,28+,30-,31-,32+,33-,34+,35+,36+,38+,39-,40-,41-,42-,43+,44+,45+,46+,47-,48+,49-/m0/s1. The van der Waals surface area contributed by atoms with Crippen LogP contribution in [0.2, 0.25) is 0 Å². The van der Waals surface area contributed by atoms with Crippen molar-refractivity contribution in [3.05, 3.63) is 11.6 Å². The Balaban J connectivity index is 0.770. The Morgan fingerprint density at radius 1 is 0.615 bits per heavy atom. The predicted molar refractivity (Wildman–Crippen MR) is 231 cm³/mol. The van der Waals surface area contributed by atoms with Crippen LogP contribution in [0, 0.1) is 22.7 Å². The smallest absolute Gasteiger partial charge is 0.176 e. The van der Waals surface area contributed by atoms with E-state index in [0.29, 0.717) is 44.3 Å². The van der Waals surface area contributed by atoms with E-state index in [-0.39, 0.29) is 72.2 Å². The Morgan fingerprint density at radius 2 is 1.11 bits per heavy atom. The van der Waals surface area contributed by atoms with Crippen LogP contribution in [-0.4, -0.2) is 162 Å². The Hall–Kier alpha value is -1.19. The third-order valence-corrected chi connectivity index (χ3v) is 17.6. The van der Waals surface area contributed by atoms with E-state index >= 15 is 0 Å². The summed E-state index contributed by atoms with van der Waals surface area (Å²) in [5, 5.41) is 10.4. The second-order valence-corrected chi connectivity index (χ2v) is 21.1. The lowest BCUT2D eigenvalue weighted by Gasteiger charge is -2.53. The summed E-state index contributed by atoms with van der Waals surface area (Å²) in [5.74, 6) is 0.0605. The molecular formula is C49H78O16. The minimum absolute atomic E-state index is 0.00202. The first-order valence-corrected chi connectivity index (χ1v) is 24.6. The number of Topliss-reactive ketones (excluding diaryl/α,β-unsaturated/α-hetero) is 1. The summed E-state index contributed by atoms with van der Waals surface area (Å²) in [4.78, 5) is 13.4. The molecule has 16 heteroatoms. The van der Waals surface area contributed by atoms with Crippen molar-refractivity contribution in [2.24, 2.45) is 22.7 Å². The fourth-order valence-electron chi connectivity index (χ4n) is 13.7. The fourth-order valence-corrected chi connectivity index (χ4v) is 13.7. The van der Waals surface area contributed by atoms with E-state index < -0.39 is 73.0 Å². The minimum atomic E-state index is -0.732. The number of aliphatic hydroxyl groups excluding tert-OH is 1. The molecule has 6 aliphatic heterocycles. The van der Waals surface area contributed by atoms with Gasteiger partial charge in [0.2, 0.25) is 0 Å². The average Bonchev–Trinajstić information content (AvgIpc) is 3.80. The Morgan fingerprint density at radius 3 is 1.63 bits per heavy atom. The van der Waals surface area contributed by atoms with E-state index in [1.165, 1.54) is 5.57 Å². The van der Waals surface area contributed by atoms with Crippen LogP contribution in [-0.2, 0) is 71.1 Å². The molecule has 24 atom stereocenters. The lowest BCUT2D eigenvalue weighted by Crippen LogP contribution is -2.58. The molecule has 3 aliphatic carbocycles. The van der Waals surface area contributed by atoms with Crippen LogP contribution in [0.25, 0.3) is 0 Å². The summed E-state index contributed by atoms with van der Waals surface area (Å²) in [5.41, 5.74) is 0.832. The van der Waals surface area contributed by atoms with E-state index in [4.69, 9.17) is 66.3 Å². The molecule has 16 nitrogen and oxygen atoms in total. The van der Waals surface area contributed by atoms with Crippen molar-refractivity contribution in [2.75, 3.05) is 28.4 Å². The first kappa shape index (κ1) is 48.8. The van der Waals surface area contributed by atoms with Crippen LogP contribution in [0.4, 0.5) is 0 Å². The molecule has 0 aromatic carbocycles. The lowest BCUT2D eigenvalue weighted by atomic mass is 9.56. The van der Waals surface area contributed by atoms with Crippen molar-refractivity contribution in [3.8, 4) is 0 Å². The summed E-state index contributed by atoms with van der Waals surface area (Å²) in [6, 6.07) is 0. The lowest BCUT2D eigenvalue weighted by molar-refractivity contribution is -0.347. The van der Waals surface area contributed by atoms with Gasteiger partial charge in [0.1, 0.15) is 30.2 Å². The molecule has 1 N–H and O–H groups in total. The maximum Gasteiger partial charge on any atom is 0.176 e. The SMILES string of the molecule is CO[C@H]1C[C@H](O[C@H]2CC[C@@]3(C)C(=CC[C@@]45O[C@@H](C)[C@@H]6CCC(=O)[C@]6(C)[C@@H](C[C@@H]43)O5)C2)O[C@H](C)[C@H]1O[C@H]1C[C@@H](OC)[C@H](O[C@H]2C[C@@H](OC)[C@H](O[C@H]3C[C@@H](OC)[C@H](O)[C@@H](C)O3)[C@@H](C)O2)[C@@H](C)O1. The number of aliphatic hydroxyl groups is 1. The molecule has 0 unspecified atom stereocenters. The van der Waals surface area contributed by atoms with Crippen molar-refractivity contribution in [1.29, 1.82) is 0 Å².